The van der Waals surface area contributed by atoms with E-state index in [1.807, 2.05) is 6.92 Å². The van der Waals surface area contributed by atoms with Crippen molar-refractivity contribution in [2.75, 3.05) is 32.8 Å². The number of carbonyl (C=O) groups excluding carboxylic acids is 1. The number of amides is 1. The zero-order valence-electron chi connectivity index (χ0n) is 16.2. The van der Waals surface area contributed by atoms with Gasteiger partial charge in [0.2, 0.25) is 17.6 Å². The molecule has 28 heavy (non-hydrogen) atoms. The second-order valence-electron chi connectivity index (χ2n) is 6.91. The molecule has 1 aliphatic rings. The first-order chi connectivity index (χ1) is 13.7. The molecule has 7 nitrogen and oxygen atoms in total. The second-order valence-corrected chi connectivity index (χ2v) is 6.91. The summed E-state index contributed by atoms with van der Waals surface area (Å²) in [5.41, 5.74) is 0.719. The molecule has 1 N–H and O–H groups in total. The highest BCUT2D eigenvalue weighted by Crippen LogP contribution is 2.20. The van der Waals surface area contributed by atoms with Crippen LogP contribution in [0.3, 0.4) is 0 Å². The molecule has 0 aliphatic carbocycles. The van der Waals surface area contributed by atoms with Crippen LogP contribution in [0.5, 0.6) is 0 Å². The van der Waals surface area contributed by atoms with Crippen molar-refractivity contribution in [3.63, 3.8) is 0 Å². The summed E-state index contributed by atoms with van der Waals surface area (Å²) in [6.45, 7) is 6.18. The summed E-state index contributed by atoms with van der Waals surface area (Å²) in [4.78, 5) is 18.8. The lowest BCUT2D eigenvalue weighted by molar-refractivity contribution is -0.126. The number of ether oxygens (including phenoxy) is 1. The number of carbonyl (C=O) groups is 1. The van der Waals surface area contributed by atoms with E-state index < -0.39 is 0 Å². The van der Waals surface area contributed by atoms with E-state index in [4.69, 9.17) is 9.26 Å². The predicted octanol–water partition coefficient (Wildman–Crippen LogP) is 2.63. The Hall–Kier alpha value is -2.32. The summed E-state index contributed by atoms with van der Waals surface area (Å²) in [6.07, 6.45) is 2.47. The highest BCUT2D eigenvalue weighted by atomic mass is 19.1. The van der Waals surface area contributed by atoms with Crippen LogP contribution < -0.4 is 5.32 Å². The second kappa shape index (κ2) is 10.3. The van der Waals surface area contributed by atoms with E-state index in [1.165, 1.54) is 12.1 Å². The molecule has 2 heterocycles. The van der Waals surface area contributed by atoms with Crippen LogP contribution in [-0.4, -0.2) is 53.8 Å². The van der Waals surface area contributed by atoms with Gasteiger partial charge in [-0.05, 0) is 63.5 Å². The van der Waals surface area contributed by atoms with Gasteiger partial charge in [0.1, 0.15) is 5.82 Å². The average molecular weight is 390 g/mol. The summed E-state index contributed by atoms with van der Waals surface area (Å²) in [7, 11) is 0. The number of rotatable bonds is 9. The number of nitrogens with one attached hydrogen (secondary N) is 1. The highest BCUT2D eigenvalue weighted by molar-refractivity contribution is 5.78. The molecule has 1 aliphatic heterocycles. The molecule has 1 fully saturated rings. The molecule has 0 radical (unpaired) electrons. The van der Waals surface area contributed by atoms with Crippen molar-refractivity contribution in [3.8, 4) is 11.4 Å². The molecular formula is C20H27FN4O3. The van der Waals surface area contributed by atoms with Gasteiger partial charge in [0.25, 0.3) is 0 Å². The number of halogens is 1. The monoisotopic (exact) mass is 390 g/mol. The Bertz CT molecular complexity index is 742. The van der Waals surface area contributed by atoms with E-state index in [-0.39, 0.29) is 17.6 Å². The Balaban J connectivity index is 1.41. The first-order valence-corrected chi connectivity index (χ1v) is 9.82. The van der Waals surface area contributed by atoms with Crippen LogP contribution in [0.1, 0.15) is 32.1 Å². The Labute approximate surface area is 164 Å². The number of hydrogen-bond donors (Lipinski definition) is 1. The molecule has 152 valence electrons. The first-order valence-electron chi connectivity index (χ1n) is 9.82. The normalized spacial score (nSPS) is 15.6. The third-order valence-corrected chi connectivity index (χ3v) is 4.86. The van der Waals surface area contributed by atoms with Crippen molar-refractivity contribution < 1.29 is 18.4 Å². The van der Waals surface area contributed by atoms with Crippen molar-refractivity contribution in [1.29, 1.82) is 0 Å². The van der Waals surface area contributed by atoms with Crippen molar-refractivity contribution in [1.82, 2.24) is 20.4 Å². The van der Waals surface area contributed by atoms with Gasteiger partial charge >= 0.3 is 0 Å². The minimum absolute atomic E-state index is 0.0563. The largest absolute Gasteiger partial charge is 0.382 e. The van der Waals surface area contributed by atoms with Crippen molar-refractivity contribution in [3.05, 3.63) is 36.0 Å². The van der Waals surface area contributed by atoms with E-state index >= 15 is 0 Å². The maximum atomic E-state index is 13.0. The molecule has 8 heteroatoms. The molecule has 2 aromatic rings. The number of nitrogens with zero attached hydrogens (tertiary/aromatic N) is 3. The maximum Gasteiger partial charge on any atom is 0.241 e. The maximum absolute atomic E-state index is 13.0. The molecule has 3 rings (SSSR count). The van der Waals surface area contributed by atoms with Gasteiger partial charge in [-0.15, -0.1) is 0 Å². The van der Waals surface area contributed by atoms with Gasteiger partial charge in [-0.25, -0.2) is 4.39 Å². The van der Waals surface area contributed by atoms with Gasteiger partial charge in [-0.3, -0.25) is 9.69 Å². The van der Waals surface area contributed by atoms with Gasteiger partial charge in [0.15, 0.2) is 0 Å². The molecule has 0 bridgehead atoms. The topological polar surface area (TPSA) is 80.5 Å². The Kier molecular flexibility index (Phi) is 7.50. The summed E-state index contributed by atoms with van der Waals surface area (Å²) < 4.78 is 23.6. The standard InChI is InChI=1S/C20H27FN4O3/c1-2-27-13-3-10-22-20(26)16-8-11-25(12-9-16)14-18-23-19(24-28-18)15-4-6-17(21)7-5-15/h4-7,16H,2-3,8-14H2,1H3,(H,22,26). The molecular weight excluding hydrogens is 363 g/mol. The SMILES string of the molecule is CCOCCCNC(=O)C1CCN(Cc2nc(-c3ccc(F)cc3)no2)CC1. The number of benzene rings is 1. The lowest BCUT2D eigenvalue weighted by atomic mass is 9.96. The molecule has 0 saturated carbocycles. The molecule has 1 aromatic heterocycles. The van der Waals surface area contributed by atoms with Crippen molar-refractivity contribution in [2.45, 2.75) is 32.7 Å². The Morgan fingerprint density at radius 3 is 2.79 bits per heavy atom. The van der Waals surface area contributed by atoms with Gasteiger partial charge in [0, 0.05) is 31.2 Å². The average Bonchev–Trinajstić information content (AvgIpc) is 3.17. The van der Waals surface area contributed by atoms with Crippen LogP contribution in [-0.2, 0) is 16.1 Å². The minimum atomic E-state index is -0.298. The van der Waals surface area contributed by atoms with E-state index in [0.717, 1.165) is 37.9 Å². The van der Waals surface area contributed by atoms with E-state index in [0.29, 0.717) is 38.0 Å². The summed E-state index contributed by atoms with van der Waals surface area (Å²) in [5.74, 6) is 0.872. The summed E-state index contributed by atoms with van der Waals surface area (Å²) in [5, 5.41) is 6.97. The molecule has 1 saturated heterocycles. The minimum Gasteiger partial charge on any atom is -0.382 e. The van der Waals surface area contributed by atoms with Gasteiger partial charge in [-0.1, -0.05) is 5.16 Å². The fourth-order valence-electron chi connectivity index (χ4n) is 3.25. The number of likely N-dealkylation sites (tertiary alicyclic amines) is 1. The lowest BCUT2D eigenvalue weighted by Gasteiger charge is -2.30. The Morgan fingerprint density at radius 1 is 1.32 bits per heavy atom. The number of aromatic nitrogens is 2. The zero-order chi connectivity index (χ0) is 19.8. The molecule has 0 atom stereocenters. The van der Waals surface area contributed by atoms with Crippen LogP contribution in [0.2, 0.25) is 0 Å². The molecule has 1 amide bonds. The van der Waals surface area contributed by atoms with Crippen LogP contribution >= 0.6 is 0 Å². The third-order valence-electron chi connectivity index (χ3n) is 4.86. The van der Waals surface area contributed by atoms with E-state index in [1.54, 1.807) is 12.1 Å². The van der Waals surface area contributed by atoms with E-state index in [2.05, 4.69) is 20.4 Å². The third kappa shape index (κ3) is 5.84. The highest BCUT2D eigenvalue weighted by Gasteiger charge is 2.25. The zero-order valence-corrected chi connectivity index (χ0v) is 16.2. The fraction of sp³-hybridized carbons (Fsp3) is 0.550. The summed E-state index contributed by atoms with van der Waals surface area (Å²) >= 11 is 0. The quantitative estimate of drug-likeness (QED) is 0.663. The van der Waals surface area contributed by atoms with Crippen LogP contribution in [0.25, 0.3) is 11.4 Å². The van der Waals surface area contributed by atoms with Crippen molar-refractivity contribution in [2.24, 2.45) is 5.92 Å². The van der Waals surface area contributed by atoms with Crippen molar-refractivity contribution >= 4 is 5.91 Å². The van der Waals surface area contributed by atoms with Gasteiger partial charge in [0.05, 0.1) is 6.54 Å². The Morgan fingerprint density at radius 2 is 2.07 bits per heavy atom. The smallest absolute Gasteiger partial charge is 0.241 e. The van der Waals surface area contributed by atoms with Crippen LogP contribution in [0, 0.1) is 11.7 Å². The van der Waals surface area contributed by atoms with Crippen LogP contribution in [0.4, 0.5) is 4.39 Å². The number of hydrogen-bond acceptors (Lipinski definition) is 6. The van der Waals surface area contributed by atoms with Gasteiger partial charge < -0.3 is 14.6 Å². The lowest BCUT2D eigenvalue weighted by Crippen LogP contribution is -2.40. The first kappa shape index (κ1) is 20.4. The number of piperidine rings is 1. The molecule has 0 spiro atoms. The summed E-state index contributed by atoms with van der Waals surface area (Å²) in [6, 6.07) is 6.00. The molecule has 1 aromatic carbocycles. The fourth-order valence-corrected chi connectivity index (χ4v) is 3.25. The predicted molar refractivity (Wildman–Crippen MR) is 102 cm³/mol. The van der Waals surface area contributed by atoms with E-state index in [9.17, 15) is 9.18 Å². The van der Waals surface area contributed by atoms with Gasteiger partial charge in [-0.2, -0.15) is 4.98 Å². The molecule has 0 unspecified atom stereocenters. The van der Waals surface area contributed by atoms with Crippen LogP contribution in [0.15, 0.2) is 28.8 Å².